The van der Waals surface area contributed by atoms with Gasteiger partial charge in [0.15, 0.2) is 0 Å². The maximum absolute atomic E-state index is 12.2. The first-order chi connectivity index (χ1) is 10.0. The van der Waals surface area contributed by atoms with Crippen LogP contribution in [-0.4, -0.2) is 37.2 Å². The van der Waals surface area contributed by atoms with Gasteiger partial charge in [0, 0.05) is 24.3 Å². The maximum Gasteiger partial charge on any atom is 0.338 e. The van der Waals surface area contributed by atoms with Crippen molar-refractivity contribution in [3.05, 3.63) is 29.8 Å². The lowest BCUT2D eigenvalue weighted by Crippen LogP contribution is -2.42. The predicted molar refractivity (Wildman–Crippen MR) is 80.3 cm³/mol. The van der Waals surface area contributed by atoms with E-state index < -0.39 is 0 Å². The van der Waals surface area contributed by atoms with Gasteiger partial charge in [-0.25, -0.2) is 9.59 Å². The van der Waals surface area contributed by atoms with E-state index in [0.29, 0.717) is 18.7 Å². The predicted octanol–water partition coefficient (Wildman–Crippen LogP) is 1.50. The molecule has 114 valence electrons. The van der Waals surface area contributed by atoms with E-state index in [9.17, 15) is 9.59 Å². The van der Waals surface area contributed by atoms with Crippen LogP contribution in [0.3, 0.4) is 0 Å². The van der Waals surface area contributed by atoms with Crippen LogP contribution in [0.4, 0.5) is 10.5 Å². The van der Waals surface area contributed by atoms with Gasteiger partial charge in [0.05, 0.1) is 12.2 Å². The van der Waals surface area contributed by atoms with Crippen molar-refractivity contribution in [2.45, 2.75) is 32.4 Å². The molecule has 6 nitrogen and oxygen atoms in total. The number of nitrogens with zero attached hydrogens (tertiary/aromatic N) is 1. The number of anilines is 1. The van der Waals surface area contributed by atoms with Crippen molar-refractivity contribution >= 4 is 17.7 Å². The Morgan fingerprint density at radius 1 is 1.43 bits per heavy atom. The molecule has 1 aromatic rings. The Hall–Kier alpha value is -2.08. The molecular formula is C15H21N3O3. The van der Waals surface area contributed by atoms with Gasteiger partial charge in [0.25, 0.3) is 0 Å². The molecule has 1 heterocycles. The van der Waals surface area contributed by atoms with Gasteiger partial charge in [0.2, 0.25) is 0 Å². The number of urea groups is 1. The largest absolute Gasteiger partial charge is 0.462 e. The number of ether oxygens (including phenoxy) is 1. The first-order valence-electron chi connectivity index (χ1n) is 7.12. The van der Waals surface area contributed by atoms with Crippen LogP contribution in [0.25, 0.3) is 0 Å². The van der Waals surface area contributed by atoms with Crippen molar-refractivity contribution in [2.75, 3.05) is 18.1 Å². The minimum Gasteiger partial charge on any atom is -0.462 e. The van der Waals surface area contributed by atoms with Gasteiger partial charge >= 0.3 is 12.0 Å². The highest BCUT2D eigenvalue weighted by molar-refractivity contribution is 5.94. The molecule has 2 unspecified atom stereocenters. The van der Waals surface area contributed by atoms with Gasteiger partial charge in [-0.2, -0.15) is 0 Å². The first-order valence-corrected chi connectivity index (χ1v) is 7.12. The van der Waals surface area contributed by atoms with Crippen molar-refractivity contribution in [1.29, 1.82) is 0 Å². The number of nitrogens with two attached hydrogens (primary N) is 1. The Morgan fingerprint density at radius 2 is 2.10 bits per heavy atom. The Balaban J connectivity index is 2.20. The molecule has 2 amide bonds. The molecule has 3 N–H and O–H groups in total. The van der Waals surface area contributed by atoms with Crippen molar-refractivity contribution in [3.8, 4) is 0 Å². The van der Waals surface area contributed by atoms with E-state index in [1.54, 1.807) is 36.1 Å². The van der Waals surface area contributed by atoms with Crippen LogP contribution in [0.15, 0.2) is 24.3 Å². The minimum atomic E-state index is -0.362. The molecule has 0 bridgehead atoms. The lowest BCUT2D eigenvalue weighted by atomic mass is 10.1. The fourth-order valence-corrected chi connectivity index (χ4v) is 2.47. The fourth-order valence-electron chi connectivity index (χ4n) is 2.47. The third-order valence-corrected chi connectivity index (χ3v) is 3.48. The SMILES string of the molecule is CCOC(=O)c1ccc(N2C(=O)NCC(N)CC2C)cc1. The van der Waals surface area contributed by atoms with E-state index in [2.05, 4.69) is 5.32 Å². The van der Waals surface area contributed by atoms with E-state index >= 15 is 0 Å². The van der Waals surface area contributed by atoms with Crippen LogP contribution in [0, 0.1) is 0 Å². The molecule has 1 aliphatic rings. The van der Waals surface area contributed by atoms with Crippen LogP contribution in [0.5, 0.6) is 0 Å². The normalized spacial score (nSPS) is 22.4. The number of carbonyl (C=O) groups is 2. The monoisotopic (exact) mass is 291 g/mol. The Labute approximate surface area is 124 Å². The molecule has 0 aromatic heterocycles. The first kappa shape index (κ1) is 15.3. The molecule has 0 saturated carbocycles. The summed E-state index contributed by atoms with van der Waals surface area (Å²) in [5.41, 5.74) is 7.13. The van der Waals surface area contributed by atoms with Gasteiger partial charge in [-0.05, 0) is 44.5 Å². The zero-order valence-electron chi connectivity index (χ0n) is 12.3. The average molecular weight is 291 g/mol. The van der Waals surface area contributed by atoms with Crippen molar-refractivity contribution in [1.82, 2.24) is 5.32 Å². The Bertz CT molecular complexity index is 515. The van der Waals surface area contributed by atoms with E-state index in [1.807, 2.05) is 6.92 Å². The van der Waals surface area contributed by atoms with E-state index in [4.69, 9.17) is 10.5 Å². The quantitative estimate of drug-likeness (QED) is 0.826. The topological polar surface area (TPSA) is 84.7 Å². The number of amides is 2. The summed E-state index contributed by atoms with van der Waals surface area (Å²) < 4.78 is 4.94. The summed E-state index contributed by atoms with van der Waals surface area (Å²) in [5, 5.41) is 2.80. The summed E-state index contributed by atoms with van der Waals surface area (Å²) in [6.45, 7) is 4.54. The Kier molecular flexibility index (Phi) is 4.80. The highest BCUT2D eigenvalue weighted by Crippen LogP contribution is 2.22. The third-order valence-electron chi connectivity index (χ3n) is 3.48. The van der Waals surface area contributed by atoms with E-state index in [0.717, 1.165) is 12.1 Å². The van der Waals surface area contributed by atoms with Crippen molar-refractivity contribution < 1.29 is 14.3 Å². The molecule has 2 atom stereocenters. The number of hydrogen-bond acceptors (Lipinski definition) is 4. The molecule has 1 aromatic carbocycles. The standard InChI is InChI=1S/C15H21N3O3/c1-3-21-14(19)11-4-6-13(7-5-11)18-10(2)8-12(16)9-17-15(18)20/h4-7,10,12H,3,8-9,16H2,1-2H3,(H,17,20). The number of esters is 1. The average Bonchev–Trinajstić information content (AvgIpc) is 2.58. The summed E-state index contributed by atoms with van der Waals surface area (Å²) in [5.74, 6) is -0.362. The second kappa shape index (κ2) is 6.58. The van der Waals surface area contributed by atoms with Crippen LogP contribution in [0.1, 0.15) is 30.6 Å². The maximum atomic E-state index is 12.2. The molecule has 6 heteroatoms. The van der Waals surface area contributed by atoms with Crippen molar-refractivity contribution in [2.24, 2.45) is 5.73 Å². The van der Waals surface area contributed by atoms with Crippen LogP contribution < -0.4 is 16.0 Å². The lowest BCUT2D eigenvalue weighted by molar-refractivity contribution is 0.0526. The summed E-state index contributed by atoms with van der Waals surface area (Å²) >= 11 is 0. The molecule has 0 spiro atoms. The number of carbonyl (C=O) groups excluding carboxylic acids is 2. The molecule has 1 saturated heterocycles. The second-order valence-corrected chi connectivity index (χ2v) is 5.17. The Morgan fingerprint density at radius 3 is 2.71 bits per heavy atom. The fraction of sp³-hybridized carbons (Fsp3) is 0.467. The van der Waals surface area contributed by atoms with Crippen LogP contribution in [0.2, 0.25) is 0 Å². The summed E-state index contributed by atoms with van der Waals surface area (Å²) in [6.07, 6.45) is 0.721. The molecule has 21 heavy (non-hydrogen) atoms. The summed E-state index contributed by atoms with van der Waals surface area (Å²) in [4.78, 5) is 25.5. The molecule has 1 fully saturated rings. The summed E-state index contributed by atoms with van der Waals surface area (Å²) in [6, 6.07) is 6.61. The van der Waals surface area contributed by atoms with Gasteiger partial charge in [-0.1, -0.05) is 0 Å². The van der Waals surface area contributed by atoms with E-state index in [1.165, 1.54) is 0 Å². The zero-order chi connectivity index (χ0) is 15.4. The number of hydrogen-bond donors (Lipinski definition) is 2. The molecule has 2 rings (SSSR count). The van der Waals surface area contributed by atoms with Crippen molar-refractivity contribution in [3.63, 3.8) is 0 Å². The highest BCUT2D eigenvalue weighted by Gasteiger charge is 2.27. The molecule has 0 aliphatic carbocycles. The molecular weight excluding hydrogens is 270 g/mol. The number of rotatable bonds is 3. The third kappa shape index (κ3) is 3.52. The van der Waals surface area contributed by atoms with Gasteiger partial charge in [-0.3, -0.25) is 4.90 Å². The minimum absolute atomic E-state index is 0.00376. The summed E-state index contributed by atoms with van der Waals surface area (Å²) in [7, 11) is 0. The molecule has 0 radical (unpaired) electrons. The van der Waals surface area contributed by atoms with Gasteiger partial charge in [0.1, 0.15) is 0 Å². The van der Waals surface area contributed by atoms with Gasteiger partial charge < -0.3 is 15.8 Å². The highest BCUT2D eigenvalue weighted by atomic mass is 16.5. The number of nitrogens with one attached hydrogen (secondary N) is 1. The smallest absolute Gasteiger partial charge is 0.338 e. The van der Waals surface area contributed by atoms with Crippen LogP contribution in [-0.2, 0) is 4.74 Å². The zero-order valence-corrected chi connectivity index (χ0v) is 12.3. The number of benzene rings is 1. The second-order valence-electron chi connectivity index (χ2n) is 5.17. The van der Waals surface area contributed by atoms with Gasteiger partial charge in [-0.15, -0.1) is 0 Å². The molecule has 1 aliphatic heterocycles. The van der Waals surface area contributed by atoms with Crippen LogP contribution >= 0.6 is 0 Å². The van der Waals surface area contributed by atoms with E-state index in [-0.39, 0.29) is 24.1 Å². The lowest BCUT2D eigenvalue weighted by Gasteiger charge is -2.27.